The first kappa shape index (κ1) is 33.6. The molecular weight excluding hydrogens is 719 g/mol. The van der Waals surface area contributed by atoms with Crippen molar-refractivity contribution < 1.29 is 0 Å². The molecule has 5 nitrogen and oxygen atoms in total. The summed E-state index contributed by atoms with van der Waals surface area (Å²) in [6, 6.07) is 67.6. The van der Waals surface area contributed by atoms with E-state index in [1.807, 2.05) is 0 Å². The summed E-state index contributed by atoms with van der Waals surface area (Å²) in [5.74, 6) is 1.36. The van der Waals surface area contributed by atoms with Crippen LogP contribution >= 0.6 is 0 Å². The van der Waals surface area contributed by atoms with Gasteiger partial charge < -0.3 is 5.32 Å². The fraction of sp³-hybridized carbons (Fsp3) is 0.0741. The van der Waals surface area contributed by atoms with Gasteiger partial charge >= 0.3 is 0 Å². The summed E-state index contributed by atoms with van der Waals surface area (Å²) in [5, 5.41) is 8.60. The monoisotopic (exact) mass is 757 g/mol. The number of nitrogens with one attached hydrogen (secondary N) is 1. The fourth-order valence-corrected chi connectivity index (χ4v) is 9.78. The molecule has 1 aliphatic carbocycles. The SMILES string of the molecule is CC1(C)c2ccccc2-c2cc3c4ccccc4n(C4=NC(n5c6ccccc6c6c(-c7ccccc7)cccc65)=NC(c5ccc(-c6ccccc6)cc5)N4)c3cc21. The lowest BCUT2D eigenvalue weighted by Gasteiger charge is -2.26. The summed E-state index contributed by atoms with van der Waals surface area (Å²) in [4.78, 5) is 11.1. The minimum Gasteiger partial charge on any atom is -0.330 e. The molecule has 3 heterocycles. The highest BCUT2D eigenvalue weighted by Gasteiger charge is 2.36. The highest BCUT2D eigenvalue weighted by molar-refractivity contribution is 6.21. The Morgan fingerprint density at radius 2 is 1.07 bits per heavy atom. The second kappa shape index (κ2) is 12.8. The summed E-state index contributed by atoms with van der Waals surface area (Å²) >= 11 is 0. The number of benzene rings is 8. The van der Waals surface area contributed by atoms with Crippen LogP contribution in [-0.4, -0.2) is 21.1 Å². The third-order valence-electron chi connectivity index (χ3n) is 12.6. The fourth-order valence-electron chi connectivity index (χ4n) is 9.78. The van der Waals surface area contributed by atoms with Crippen molar-refractivity contribution in [1.29, 1.82) is 0 Å². The standard InChI is InChI=1S/C54H39N5/c1-54(2)44-24-12-9-20-39(44)42-32-43-40-21-10-13-25-46(40)59(49(43)33-45(42)54)53-56-51(37-30-28-35(29-31-37)34-16-5-3-6-17-34)55-52(57-53)58-47-26-14-11-22-41(47)50-38(23-15-27-48(50)58)36-18-7-4-8-19-36/h3-33,51H,1-2H3,(H,55,56,57). The lowest BCUT2D eigenvalue weighted by atomic mass is 9.82. The second-order valence-electron chi connectivity index (χ2n) is 16.3. The number of hydrogen-bond acceptors (Lipinski definition) is 3. The Bertz CT molecular complexity index is 3370. The first-order valence-corrected chi connectivity index (χ1v) is 20.4. The number of rotatable bonds is 3. The normalized spacial score (nSPS) is 15.6. The van der Waals surface area contributed by atoms with Crippen LogP contribution in [0.15, 0.2) is 198 Å². The molecule has 280 valence electrons. The van der Waals surface area contributed by atoms with E-state index in [-0.39, 0.29) is 5.41 Å². The molecule has 10 aromatic rings. The van der Waals surface area contributed by atoms with E-state index in [1.165, 1.54) is 60.7 Å². The number of para-hydroxylation sites is 2. The molecule has 0 spiro atoms. The first-order valence-electron chi connectivity index (χ1n) is 20.4. The molecule has 0 amide bonds. The van der Waals surface area contributed by atoms with Crippen LogP contribution in [0.5, 0.6) is 0 Å². The van der Waals surface area contributed by atoms with Gasteiger partial charge in [-0.3, -0.25) is 9.13 Å². The van der Waals surface area contributed by atoms with E-state index in [2.05, 4.69) is 216 Å². The third-order valence-corrected chi connectivity index (χ3v) is 12.6. The molecule has 12 rings (SSSR count). The van der Waals surface area contributed by atoms with E-state index >= 15 is 0 Å². The number of fused-ring (bicyclic) bond motifs is 9. The van der Waals surface area contributed by atoms with Crippen molar-refractivity contribution in [1.82, 2.24) is 14.5 Å². The molecule has 1 atom stereocenters. The average Bonchev–Trinajstić information content (AvgIpc) is 3.89. The Hall–Kier alpha value is -7.50. The van der Waals surface area contributed by atoms with E-state index in [4.69, 9.17) is 9.98 Å². The Morgan fingerprint density at radius 1 is 0.458 bits per heavy atom. The third kappa shape index (κ3) is 5.04. The minimum atomic E-state index is -0.415. The van der Waals surface area contributed by atoms with Gasteiger partial charge in [0.1, 0.15) is 0 Å². The van der Waals surface area contributed by atoms with Gasteiger partial charge in [-0.25, -0.2) is 4.99 Å². The first-order chi connectivity index (χ1) is 29.0. The molecule has 0 saturated carbocycles. The zero-order valence-corrected chi connectivity index (χ0v) is 32.8. The lowest BCUT2D eigenvalue weighted by molar-refractivity contribution is 0.654. The van der Waals surface area contributed by atoms with Crippen molar-refractivity contribution in [2.24, 2.45) is 9.98 Å². The van der Waals surface area contributed by atoms with Crippen LogP contribution in [0.4, 0.5) is 0 Å². The molecule has 0 radical (unpaired) electrons. The van der Waals surface area contributed by atoms with Gasteiger partial charge in [0.25, 0.3) is 0 Å². The van der Waals surface area contributed by atoms with E-state index < -0.39 is 6.17 Å². The molecule has 1 aliphatic heterocycles. The average molecular weight is 758 g/mol. The quantitative estimate of drug-likeness (QED) is 0.192. The number of aliphatic imine (C=N–C) groups is 2. The smallest absolute Gasteiger partial charge is 0.235 e. The van der Waals surface area contributed by atoms with Crippen molar-refractivity contribution in [3.8, 4) is 33.4 Å². The molecule has 59 heavy (non-hydrogen) atoms. The van der Waals surface area contributed by atoms with Crippen molar-refractivity contribution in [3.05, 3.63) is 205 Å². The highest BCUT2D eigenvalue weighted by Crippen LogP contribution is 2.51. The lowest BCUT2D eigenvalue weighted by Crippen LogP contribution is -2.38. The van der Waals surface area contributed by atoms with Crippen molar-refractivity contribution in [2.75, 3.05) is 0 Å². The van der Waals surface area contributed by atoms with Crippen LogP contribution in [0.3, 0.4) is 0 Å². The molecule has 0 fully saturated rings. The molecule has 1 unspecified atom stereocenters. The van der Waals surface area contributed by atoms with Crippen LogP contribution in [0.2, 0.25) is 0 Å². The van der Waals surface area contributed by atoms with Gasteiger partial charge in [0.2, 0.25) is 11.9 Å². The zero-order chi connectivity index (χ0) is 39.2. The van der Waals surface area contributed by atoms with Gasteiger partial charge in [-0.1, -0.05) is 172 Å². The summed E-state index contributed by atoms with van der Waals surface area (Å²) in [5.41, 5.74) is 15.3. The van der Waals surface area contributed by atoms with Gasteiger partial charge in [0, 0.05) is 27.0 Å². The van der Waals surface area contributed by atoms with Gasteiger partial charge in [-0.05, 0) is 80.4 Å². The van der Waals surface area contributed by atoms with E-state index in [0.717, 1.165) is 39.0 Å². The number of aromatic nitrogens is 2. The Balaban J connectivity index is 1.11. The highest BCUT2D eigenvalue weighted by atomic mass is 15.4. The Morgan fingerprint density at radius 3 is 1.85 bits per heavy atom. The van der Waals surface area contributed by atoms with Crippen molar-refractivity contribution in [3.63, 3.8) is 0 Å². The largest absolute Gasteiger partial charge is 0.330 e. The van der Waals surface area contributed by atoms with E-state index in [0.29, 0.717) is 5.96 Å². The predicted molar refractivity (Wildman–Crippen MR) is 245 cm³/mol. The van der Waals surface area contributed by atoms with Crippen molar-refractivity contribution >= 4 is 55.5 Å². The summed E-state index contributed by atoms with van der Waals surface area (Å²) in [6.07, 6.45) is -0.415. The van der Waals surface area contributed by atoms with Crippen LogP contribution in [0.25, 0.3) is 77.0 Å². The van der Waals surface area contributed by atoms with Gasteiger partial charge in [0.05, 0.1) is 22.1 Å². The maximum Gasteiger partial charge on any atom is 0.235 e. The van der Waals surface area contributed by atoms with E-state index in [1.54, 1.807) is 0 Å². The van der Waals surface area contributed by atoms with Gasteiger partial charge in [-0.2, -0.15) is 4.99 Å². The number of nitrogens with zero attached hydrogens (tertiary/aromatic N) is 4. The molecule has 0 saturated heterocycles. The van der Waals surface area contributed by atoms with Crippen LogP contribution < -0.4 is 5.32 Å². The molecule has 5 heteroatoms. The van der Waals surface area contributed by atoms with E-state index in [9.17, 15) is 0 Å². The topological polar surface area (TPSA) is 46.6 Å². The van der Waals surface area contributed by atoms with Crippen LogP contribution in [0, 0.1) is 0 Å². The van der Waals surface area contributed by atoms with Crippen LogP contribution in [0.1, 0.15) is 36.7 Å². The van der Waals surface area contributed by atoms with Crippen molar-refractivity contribution in [2.45, 2.75) is 25.4 Å². The predicted octanol–water partition coefficient (Wildman–Crippen LogP) is 13.0. The molecule has 1 N–H and O–H groups in total. The number of hydrogen-bond donors (Lipinski definition) is 1. The Labute approximate surface area is 342 Å². The zero-order valence-electron chi connectivity index (χ0n) is 32.8. The molecular formula is C54H39N5. The molecule has 2 aromatic heterocycles. The van der Waals surface area contributed by atoms with Gasteiger partial charge in [0.15, 0.2) is 6.17 Å². The van der Waals surface area contributed by atoms with Crippen LogP contribution in [-0.2, 0) is 5.41 Å². The molecule has 8 aromatic carbocycles. The Kier molecular flexibility index (Phi) is 7.27. The summed E-state index contributed by atoms with van der Waals surface area (Å²) in [7, 11) is 0. The van der Waals surface area contributed by atoms with Gasteiger partial charge in [-0.15, -0.1) is 0 Å². The molecule has 0 bridgehead atoms. The molecule has 2 aliphatic rings. The summed E-state index contributed by atoms with van der Waals surface area (Å²) in [6.45, 7) is 4.69. The minimum absolute atomic E-state index is 0.154. The maximum atomic E-state index is 5.56. The second-order valence-corrected chi connectivity index (χ2v) is 16.3. The maximum absolute atomic E-state index is 5.56. The summed E-state index contributed by atoms with van der Waals surface area (Å²) < 4.78 is 4.59.